The number of benzene rings is 1. The third-order valence-electron chi connectivity index (χ3n) is 5.78. The lowest BCUT2D eigenvalue weighted by molar-refractivity contribution is -0.121. The normalized spacial score (nSPS) is 12.5. The van der Waals surface area contributed by atoms with E-state index in [1.807, 2.05) is 24.3 Å². The van der Waals surface area contributed by atoms with Gasteiger partial charge in [-0.15, -0.1) is 0 Å². The molecule has 1 aromatic rings. The summed E-state index contributed by atoms with van der Waals surface area (Å²) in [4.78, 5) is 12.4. The fourth-order valence-corrected chi connectivity index (χ4v) is 4.56. The molecule has 0 spiro atoms. The Morgan fingerprint density at radius 1 is 0.848 bits per heavy atom. The van der Waals surface area contributed by atoms with Crippen molar-refractivity contribution in [2.24, 2.45) is 0 Å². The molecule has 0 aliphatic carbocycles. The largest absolute Gasteiger partial charge is 0.362 e. The van der Waals surface area contributed by atoms with Crippen LogP contribution in [-0.2, 0) is 4.79 Å². The zero-order chi connectivity index (χ0) is 24.4. The van der Waals surface area contributed by atoms with Crippen molar-refractivity contribution in [2.45, 2.75) is 120 Å². The van der Waals surface area contributed by atoms with Crippen molar-refractivity contribution in [1.29, 1.82) is 0 Å². The van der Waals surface area contributed by atoms with Crippen LogP contribution in [-0.4, -0.2) is 15.9 Å². The first-order chi connectivity index (χ1) is 15.8. The van der Waals surface area contributed by atoms with Gasteiger partial charge in [0.25, 0.3) is 0 Å². The highest BCUT2D eigenvalue weighted by atomic mass is 79.9. The lowest BCUT2D eigenvalue weighted by atomic mass is 10.0. The fraction of sp³-hybridized carbons (Fsp3) is 0.731. The second-order valence-electron chi connectivity index (χ2n) is 8.90. The Bertz CT molecular complexity index is 640. The van der Waals surface area contributed by atoms with Crippen LogP contribution in [0.2, 0.25) is 0 Å². The van der Waals surface area contributed by atoms with Gasteiger partial charge in [0, 0.05) is 16.6 Å². The van der Waals surface area contributed by atoms with Crippen molar-refractivity contribution in [3.05, 3.63) is 28.7 Å². The molecule has 0 radical (unpaired) electrons. The third kappa shape index (κ3) is 17.0. The van der Waals surface area contributed by atoms with Crippen molar-refractivity contribution in [3.8, 4) is 0 Å². The summed E-state index contributed by atoms with van der Waals surface area (Å²) in [5.74, 6) is -0.108. The summed E-state index contributed by atoms with van der Waals surface area (Å²) in [6.45, 7) is 2.27. The minimum absolute atomic E-state index is 0.108. The molecular weight excluding hydrogens is 543 g/mol. The molecule has 1 amide bonds. The van der Waals surface area contributed by atoms with Crippen LogP contribution in [0.1, 0.15) is 110 Å². The monoisotopic (exact) mass is 582 g/mol. The summed E-state index contributed by atoms with van der Waals surface area (Å²) >= 11 is 21.6. The molecule has 0 heterocycles. The first-order valence-corrected chi connectivity index (χ1v) is 14.6. The Hall–Kier alpha value is -0.160. The number of anilines is 1. The summed E-state index contributed by atoms with van der Waals surface area (Å²) < 4.78 is -0.757. The van der Waals surface area contributed by atoms with Crippen LogP contribution >= 0.6 is 50.7 Å². The highest BCUT2D eigenvalue weighted by molar-refractivity contribution is 9.10. The minimum atomic E-state index is -1.66. The molecule has 190 valence electrons. The molecule has 1 aromatic carbocycles. The van der Waals surface area contributed by atoms with Crippen molar-refractivity contribution >= 4 is 62.3 Å². The second-order valence-corrected chi connectivity index (χ2v) is 12.2. The van der Waals surface area contributed by atoms with Gasteiger partial charge in [0.1, 0.15) is 6.17 Å². The van der Waals surface area contributed by atoms with Gasteiger partial charge in [0.15, 0.2) is 0 Å². The zero-order valence-corrected chi connectivity index (χ0v) is 24.0. The number of hydrogen-bond acceptors (Lipinski definition) is 2. The predicted octanol–water partition coefficient (Wildman–Crippen LogP) is 9.93. The van der Waals surface area contributed by atoms with Gasteiger partial charge in [0.2, 0.25) is 9.70 Å². The molecule has 2 N–H and O–H groups in total. The van der Waals surface area contributed by atoms with Gasteiger partial charge < -0.3 is 10.6 Å². The zero-order valence-electron chi connectivity index (χ0n) is 20.1. The molecule has 0 aliphatic rings. The summed E-state index contributed by atoms with van der Waals surface area (Å²) in [6.07, 6.45) is 19.1. The lowest BCUT2D eigenvalue weighted by Gasteiger charge is -2.27. The molecule has 0 bridgehead atoms. The van der Waals surface area contributed by atoms with Crippen molar-refractivity contribution < 1.29 is 4.79 Å². The number of carbonyl (C=O) groups is 1. The molecule has 3 nitrogen and oxygen atoms in total. The molecular formula is C26H42BrCl3N2O. The second kappa shape index (κ2) is 19.1. The first-order valence-electron chi connectivity index (χ1n) is 12.7. The van der Waals surface area contributed by atoms with Crippen LogP contribution in [0.15, 0.2) is 28.7 Å². The highest BCUT2D eigenvalue weighted by Gasteiger charge is 2.33. The molecule has 0 saturated carbocycles. The Kier molecular flexibility index (Phi) is 17.8. The summed E-state index contributed by atoms with van der Waals surface area (Å²) in [5, 5.41) is 5.90. The van der Waals surface area contributed by atoms with E-state index >= 15 is 0 Å². The van der Waals surface area contributed by atoms with E-state index in [-0.39, 0.29) is 5.91 Å². The van der Waals surface area contributed by atoms with E-state index in [4.69, 9.17) is 34.8 Å². The van der Waals surface area contributed by atoms with E-state index in [0.717, 1.165) is 23.0 Å². The van der Waals surface area contributed by atoms with Gasteiger partial charge in [0.05, 0.1) is 0 Å². The van der Waals surface area contributed by atoms with Crippen LogP contribution in [0.25, 0.3) is 0 Å². The van der Waals surface area contributed by atoms with Crippen LogP contribution in [0.5, 0.6) is 0 Å². The Balaban J connectivity index is 2.06. The molecule has 0 unspecified atom stereocenters. The Labute approximate surface area is 225 Å². The van der Waals surface area contributed by atoms with E-state index in [2.05, 4.69) is 33.5 Å². The third-order valence-corrected chi connectivity index (χ3v) is 6.92. The Morgan fingerprint density at radius 3 is 1.79 bits per heavy atom. The number of halogens is 4. The number of hydrogen-bond donors (Lipinski definition) is 2. The minimum Gasteiger partial charge on any atom is -0.362 e. The first kappa shape index (κ1) is 30.9. The maximum atomic E-state index is 12.4. The summed E-state index contributed by atoms with van der Waals surface area (Å²) in [7, 11) is 0. The van der Waals surface area contributed by atoms with Crippen LogP contribution < -0.4 is 10.6 Å². The van der Waals surface area contributed by atoms with Crippen molar-refractivity contribution in [3.63, 3.8) is 0 Å². The SMILES string of the molecule is CCCCCCCCCCCCCCCCCC(=O)N[C@H](Nc1cccc(Br)c1)C(Cl)(Cl)Cl. The van der Waals surface area contributed by atoms with E-state index in [1.54, 1.807) is 0 Å². The van der Waals surface area contributed by atoms with Crippen molar-refractivity contribution in [1.82, 2.24) is 5.32 Å². The molecule has 0 fully saturated rings. The average Bonchev–Trinajstić information content (AvgIpc) is 2.75. The standard InChI is InChI=1S/C26H42BrCl3N2O/c1-2-3-4-5-6-7-8-9-10-11-12-13-14-15-16-20-24(33)32-25(26(28,29)30)31-23-19-17-18-22(27)21-23/h17-19,21,25,31H,2-16,20H2,1H3,(H,32,33)/t25-/m0/s1. The maximum absolute atomic E-state index is 12.4. The fourth-order valence-electron chi connectivity index (χ4n) is 3.83. The van der Waals surface area contributed by atoms with Gasteiger partial charge >= 0.3 is 0 Å². The molecule has 33 heavy (non-hydrogen) atoms. The predicted molar refractivity (Wildman–Crippen MR) is 150 cm³/mol. The van der Waals surface area contributed by atoms with E-state index in [9.17, 15) is 4.79 Å². The topological polar surface area (TPSA) is 41.1 Å². The van der Waals surface area contributed by atoms with E-state index in [0.29, 0.717) is 6.42 Å². The van der Waals surface area contributed by atoms with Crippen LogP contribution in [0.3, 0.4) is 0 Å². The molecule has 1 rings (SSSR count). The summed E-state index contributed by atoms with van der Waals surface area (Å²) in [5.41, 5.74) is 0.757. The molecule has 1 atom stereocenters. The number of nitrogens with one attached hydrogen (secondary N) is 2. The highest BCUT2D eigenvalue weighted by Crippen LogP contribution is 2.31. The van der Waals surface area contributed by atoms with Gasteiger partial charge in [-0.25, -0.2) is 0 Å². The van der Waals surface area contributed by atoms with Gasteiger partial charge in [-0.3, -0.25) is 4.79 Å². The average molecular weight is 585 g/mol. The van der Waals surface area contributed by atoms with Crippen LogP contribution in [0, 0.1) is 0 Å². The number of rotatable bonds is 19. The quantitative estimate of drug-likeness (QED) is 0.0965. The summed E-state index contributed by atoms with van der Waals surface area (Å²) in [6, 6.07) is 7.50. The van der Waals surface area contributed by atoms with Gasteiger partial charge in [-0.2, -0.15) is 0 Å². The van der Waals surface area contributed by atoms with Gasteiger partial charge in [-0.05, 0) is 24.6 Å². The number of unbranched alkanes of at least 4 members (excludes halogenated alkanes) is 14. The Morgan fingerprint density at radius 2 is 1.33 bits per heavy atom. The molecule has 0 aliphatic heterocycles. The number of alkyl halides is 3. The molecule has 7 heteroatoms. The van der Waals surface area contributed by atoms with Gasteiger partial charge in [-0.1, -0.05) is 154 Å². The smallest absolute Gasteiger partial charge is 0.228 e. The molecule has 0 aromatic heterocycles. The van der Waals surface area contributed by atoms with E-state index < -0.39 is 9.96 Å². The lowest BCUT2D eigenvalue weighted by Crippen LogP contribution is -2.49. The number of carbonyl (C=O) groups excluding carboxylic acids is 1. The molecule has 0 saturated heterocycles. The van der Waals surface area contributed by atoms with E-state index in [1.165, 1.54) is 83.5 Å². The maximum Gasteiger partial charge on any atom is 0.228 e. The number of amides is 1. The van der Waals surface area contributed by atoms with Crippen LogP contribution in [0.4, 0.5) is 5.69 Å². The van der Waals surface area contributed by atoms with Crippen molar-refractivity contribution in [2.75, 3.05) is 5.32 Å².